The standard InChI is InChI=1S/C17H20FNO/c1-3-19-12-17(14-7-5-4-6-8-14)20-16-11-13(2)9-10-15(16)18/h4-11,17,19H,3,12H2,1-2H3. The van der Waals surface area contributed by atoms with Crippen molar-refractivity contribution in [3.63, 3.8) is 0 Å². The van der Waals surface area contributed by atoms with Crippen molar-refractivity contribution in [1.82, 2.24) is 5.32 Å². The number of rotatable bonds is 6. The van der Waals surface area contributed by atoms with Crippen LogP contribution in [0.25, 0.3) is 0 Å². The van der Waals surface area contributed by atoms with E-state index in [1.165, 1.54) is 6.07 Å². The van der Waals surface area contributed by atoms with E-state index in [0.29, 0.717) is 12.3 Å². The van der Waals surface area contributed by atoms with Crippen LogP contribution in [0.3, 0.4) is 0 Å². The van der Waals surface area contributed by atoms with Crippen LogP contribution < -0.4 is 10.1 Å². The Labute approximate surface area is 119 Å². The molecule has 0 bridgehead atoms. The Morgan fingerprint density at radius 3 is 2.60 bits per heavy atom. The van der Waals surface area contributed by atoms with Gasteiger partial charge in [0.25, 0.3) is 0 Å². The second kappa shape index (κ2) is 7.06. The maximum atomic E-state index is 13.8. The summed E-state index contributed by atoms with van der Waals surface area (Å²) in [6.07, 6.45) is -0.201. The molecule has 2 aromatic rings. The number of aryl methyl sites for hydroxylation is 1. The van der Waals surface area contributed by atoms with Crippen molar-refractivity contribution in [3.05, 3.63) is 65.5 Å². The lowest BCUT2D eigenvalue weighted by Crippen LogP contribution is -2.25. The second-order valence-electron chi connectivity index (χ2n) is 4.76. The fraction of sp³-hybridized carbons (Fsp3) is 0.294. The van der Waals surface area contributed by atoms with E-state index in [1.807, 2.05) is 44.2 Å². The third-order valence-electron chi connectivity index (χ3n) is 3.11. The van der Waals surface area contributed by atoms with E-state index in [0.717, 1.165) is 17.7 Å². The highest BCUT2D eigenvalue weighted by molar-refractivity contribution is 5.30. The highest BCUT2D eigenvalue weighted by Gasteiger charge is 2.15. The molecule has 0 heterocycles. The first-order chi connectivity index (χ1) is 9.70. The smallest absolute Gasteiger partial charge is 0.165 e. The summed E-state index contributed by atoms with van der Waals surface area (Å²) in [6, 6.07) is 14.8. The Bertz CT molecular complexity index is 542. The SMILES string of the molecule is CCNCC(Oc1cc(C)ccc1F)c1ccccc1. The molecule has 2 rings (SSSR count). The van der Waals surface area contributed by atoms with E-state index in [-0.39, 0.29) is 11.9 Å². The molecule has 0 fully saturated rings. The van der Waals surface area contributed by atoms with Crippen molar-refractivity contribution in [2.45, 2.75) is 20.0 Å². The van der Waals surface area contributed by atoms with Gasteiger partial charge in [-0.1, -0.05) is 43.3 Å². The summed E-state index contributed by atoms with van der Waals surface area (Å²) in [5, 5.41) is 3.25. The molecule has 0 saturated heterocycles. The normalized spacial score (nSPS) is 12.2. The fourth-order valence-corrected chi connectivity index (χ4v) is 2.02. The van der Waals surface area contributed by atoms with Gasteiger partial charge in [-0.2, -0.15) is 0 Å². The van der Waals surface area contributed by atoms with Gasteiger partial charge >= 0.3 is 0 Å². The molecule has 1 unspecified atom stereocenters. The van der Waals surface area contributed by atoms with Gasteiger partial charge in [0.2, 0.25) is 0 Å². The van der Waals surface area contributed by atoms with E-state index in [2.05, 4.69) is 5.32 Å². The monoisotopic (exact) mass is 273 g/mol. The predicted octanol–water partition coefficient (Wildman–Crippen LogP) is 3.86. The number of hydrogen-bond donors (Lipinski definition) is 1. The Morgan fingerprint density at radius 1 is 1.15 bits per heavy atom. The highest BCUT2D eigenvalue weighted by Crippen LogP contribution is 2.25. The van der Waals surface area contributed by atoms with Crippen LogP contribution in [-0.2, 0) is 0 Å². The van der Waals surface area contributed by atoms with Gasteiger partial charge in [0.15, 0.2) is 11.6 Å². The summed E-state index contributed by atoms with van der Waals surface area (Å²) in [7, 11) is 0. The molecule has 0 aromatic heterocycles. The lowest BCUT2D eigenvalue weighted by Gasteiger charge is -2.20. The van der Waals surface area contributed by atoms with Crippen molar-refractivity contribution in [1.29, 1.82) is 0 Å². The molecule has 20 heavy (non-hydrogen) atoms. The minimum absolute atomic E-state index is 0.201. The average molecular weight is 273 g/mol. The molecule has 2 aromatic carbocycles. The highest BCUT2D eigenvalue weighted by atomic mass is 19.1. The summed E-state index contributed by atoms with van der Waals surface area (Å²) in [5.74, 6) is -0.0233. The molecule has 0 saturated carbocycles. The summed E-state index contributed by atoms with van der Waals surface area (Å²) in [4.78, 5) is 0. The molecule has 0 aliphatic rings. The van der Waals surface area contributed by atoms with Gasteiger partial charge in [0.05, 0.1) is 0 Å². The summed E-state index contributed by atoms with van der Waals surface area (Å²) < 4.78 is 19.7. The van der Waals surface area contributed by atoms with Gasteiger partial charge in [-0.15, -0.1) is 0 Å². The molecule has 0 radical (unpaired) electrons. The molecule has 0 amide bonds. The van der Waals surface area contributed by atoms with Crippen LogP contribution in [0.4, 0.5) is 4.39 Å². The average Bonchev–Trinajstić information content (AvgIpc) is 2.48. The van der Waals surface area contributed by atoms with Crippen molar-refractivity contribution >= 4 is 0 Å². The number of benzene rings is 2. The van der Waals surface area contributed by atoms with Crippen molar-refractivity contribution < 1.29 is 9.13 Å². The van der Waals surface area contributed by atoms with Gasteiger partial charge in [-0.05, 0) is 36.7 Å². The first-order valence-corrected chi connectivity index (χ1v) is 6.89. The number of halogens is 1. The second-order valence-corrected chi connectivity index (χ2v) is 4.76. The Hall–Kier alpha value is -1.87. The van der Waals surface area contributed by atoms with Crippen LogP contribution in [0.1, 0.15) is 24.2 Å². The van der Waals surface area contributed by atoms with E-state index in [1.54, 1.807) is 12.1 Å². The van der Waals surface area contributed by atoms with Crippen LogP contribution in [0.15, 0.2) is 48.5 Å². The molecule has 0 aliphatic heterocycles. The summed E-state index contributed by atoms with van der Waals surface area (Å²) >= 11 is 0. The van der Waals surface area contributed by atoms with E-state index < -0.39 is 0 Å². The zero-order valence-corrected chi connectivity index (χ0v) is 11.9. The van der Waals surface area contributed by atoms with Crippen LogP contribution in [-0.4, -0.2) is 13.1 Å². The minimum atomic E-state index is -0.326. The van der Waals surface area contributed by atoms with E-state index in [9.17, 15) is 4.39 Å². The quantitative estimate of drug-likeness (QED) is 0.862. The predicted molar refractivity (Wildman–Crippen MR) is 79.5 cm³/mol. The maximum Gasteiger partial charge on any atom is 0.165 e. The maximum absolute atomic E-state index is 13.8. The zero-order valence-electron chi connectivity index (χ0n) is 11.9. The molecule has 1 N–H and O–H groups in total. The van der Waals surface area contributed by atoms with Crippen molar-refractivity contribution in [3.8, 4) is 5.75 Å². The minimum Gasteiger partial charge on any atom is -0.481 e. The molecule has 2 nitrogen and oxygen atoms in total. The van der Waals surface area contributed by atoms with Gasteiger partial charge in [0.1, 0.15) is 6.10 Å². The first kappa shape index (κ1) is 14.5. The van der Waals surface area contributed by atoms with E-state index >= 15 is 0 Å². The molecule has 0 aliphatic carbocycles. The molecule has 1 atom stereocenters. The van der Waals surface area contributed by atoms with Crippen LogP contribution in [0.5, 0.6) is 5.75 Å². The van der Waals surface area contributed by atoms with Crippen molar-refractivity contribution in [2.24, 2.45) is 0 Å². The van der Waals surface area contributed by atoms with E-state index in [4.69, 9.17) is 4.74 Å². The lowest BCUT2D eigenvalue weighted by atomic mass is 10.1. The molecular weight excluding hydrogens is 253 g/mol. The Balaban J connectivity index is 2.21. The number of ether oxygens (including phenoxy) is 1. The topological polar surface area (TPSA) is 21.3 Å². The lowest BCUT2D eigenvalue weighted by molar-refractivity contribution is 0.193. The summed E-state index contributed by atoms with van der Waals surface area (Å²) in [5.41, 5.74) is 2.02. The largest absolute Gasteiger partial charge is 0.481 e. The number of nitrogens with one attached hydrogen (secondary N) is 1. The molecule has 0 spiro atoms. The van der Waals surface area contributed by atoms with Gasteiger partial charge in [-0.25, -0.2) is 4.39 Å². The van der Waals surface area contributed by atoms with Gasteiger partial charge < -0.3 is 10.1 Å². The molecule has 3 heteroatoms. The number of likely N-dealkylation sites (N-methyl/N-ethyl adjacent to an activating group) is 1. The fourth-order valence-electron chi connectivity index (χ4n) is 2.02. The summed E-state index contributed by atoms with van der Waals surface area (Å²) in [6.45, 7) is 5.46. The Kier molecular flexibility index (Phi) is 5.13. The Morgan fingerprint density at radius 2 is 1.90 bits per heavy atom. The number of hydrogen-bond acceptors (Lipinski definition) is 2. The van der Waals surface area contributed by atoms with Crippen LogP contribution >= 0.6 is 0 Å². The van der Waals surface area contributed by atoms with Gasteiger partial charge in [0, 0.05) is 6.54 Å². The van der Waals surface area contributed by atoms with Gasteiger partial charge in [-0.3, -0.25) is 0 Å². The molecular formula is C17H20FNO. The zero-order chi connectivity index (χ0) is 14.4. The van der Waals surface area contributed by atoms with Crippen LogP contribution in [0, 0.1) is 12.7 Å². The van der Waals surface area contributed by atoms with Crippen molar-refractivity contribution in [2.75, 3.05) is 13.1 Å². The first-order valence-electron chi connectivity index (χ1n) is 6.89. The third-order valence-corrected chi connectivity index (χ3v) is 3.11. The van der Waals surface area contributed by atoms with Crippen LogP contribution in [0.2, 0.25) is 0 Å². The third kappa shape index (κ3) is 3.81. The molecule has 106 valence electrons.